The molecule has 0 spiro atoms. The Balaban J connectivity index is 0.000000905. The van der Waals surface area contributed by atoms with Crippen LogP contribution in [0.2, 0.25) is 0 Å². The lowest BCUT2D eigenvalue weighted by atomic mass is 9.67. The van der Waals surface area contributed by atoms with Crippen molar-refractivity contribution in [3.8, 4) is 0 Å². The minimum Gasteiger partial charge on any atom is -0.481 e. The number of carbonyl (C=O) groups is 2. The molecule has 218 valence electrons. The molecule has 6 unspecified atom stereocenters. The molecule has 0 fully saturated rings. The smallest absolute Gasteiger partial charge is 0.306 e. The molecular formula is C27H45NO10. The zero-order valence-corrected chi connectivity index (χ0v) is 22.8. The summed E-state index contributed by atoms with van der Waals surface area (Å²) in [5.74, 6) is 0.146. The molecule has 38 heavy (non-hydrogen) atoms. The van der Waals surface area contributed by atoms with Crippen LogP contribution in [0.25, 0.3) is 0 Å². The van der Waals surface area contributed by atoms with E-state index >= 15 is 0 Å². The van der Waals surface area contributed by atoms with Gasteiger partial charge in [0.1, 0.15) is 13.2 Å². The van der Waals surface area contributed by atoms with E-state index in [1.54, 1.807) is 6.92 Å². The van der Waals surface area contributed by atoms with Gasteiger partial charge in [-0.1, -0.05) is 39.0 Å². The maximum Gasteiger partial charge on any atom is 0.306 e. The number of hydrogen-bond donors (Lipinski definition) is 3. The number of aliphatic carboxylic acids is 1. The summed E-state index contributed by atoms with van der Waals surface area (Å²) in [4.78, 5) is 35.7. The lowest BCUT2D eigenvalue weighted by Crippen LogP contribution is -2.30. The van der Waals surface area contributed by atoms with Gasteiger partial charge in [-0.05, 0) is 68.3 Å². The number of hydrogen-bond acceptors (Lipinski definition) is 9. The molecule has 0 saturated heterocycles. The first-order valence-electron chi connectivity index (χ1n) is 13.5. The molecule has 0 radical (unpaired) electrons. The van der Waals surface area contributed by atoms with Gasteiger partial charge in [-0.25, -0.2) is 0 Å². The van der Waals surface area contributed by atoms with Gasteiger partial charge in [-0.3, -0.25) is 9.59 Å². The Morgan fingerprint density at radius 3 is 2.53 bits per heavy atom. The topological polar surface area (TPSA) is 166 Å². The Morgan fingerprint density at radius 1 is 1.18 bits per heavy atom. The summed E-state index contributed by atoms with van der Waals surface area (Å²) >= 11 is 0. The van der Waals surface area contributed by atoms with Crippen molar-refractivity contribution < 1.29 is 44.3 Å². The van der Waals surface area contributed by atoms with E-state index in [-0.39, 0.29) is 50.8 Å². The van der Waals surface area contributed by atoms with E-state index in [0.717, 1.165) is 25.7 Å². The van der Waals surface area contributed by atoms with Crippen LogP contribution < -0.4 is 0 Å². The van der Waals surface area contributed by atoms with E-state index in [4.69, 9.17) is 14.6 Å². The van der Waals surface area contributed by atoms with Gasteiger partial charge in [0.25, 0.3) is 5.09 Å². The van der Waals surface area contributed by atoms with Gasteiger partial charge in [-0.15, -0.1) is 10.1 Å². The van der Waals surface area contributed by atoms with Crippen LogP contribution in [0.15, 0.2) is 23.8 Å². The van der Waals surface area contributed by atoms with Gasteiger partial charge in [-0.2, -0.15) is 0 Å². The summed E-state index contributed by atoms with van der Waals surface area (Å²) < 4.78 is 10.1. The van der Waals surface area contributed by atoms with E-state index in [1.165, 1.54) is 5.57 Å². The predicted octanol–water partition coefficient (Wildman–Crippen LogP) is 3.70. The van der Waals surface area contributed by atoms with Crippen LogP contribution in [0.3, 0.4) is 0 Å². The number of carboxylic acids is 1. The van der Waals surface area contributed by atoms with E-state index in [1.807, 2.05) is 13.0 Å². The van der Waals surface area contributed by atoms with Crippen molar-refractivity contribution in [3.05, 3.63) is 33.9 Å². The van der Waals surface area contributed by atoms with Crippen molar-refractivity contribution >= 4 is 11.9 Å². The molecule has 6 atom stereocenters. The lowest BCUT2D eigenvalue weighted by molar-refractivity contribution is -0.758. The Bertz CT molecular complexity index is 784. The second-order valence-corrected chi connectivity index (χ2v) is 9.96. The largest absolute Gasteiger partial charge is 0.481 e. The van der Waals surface area contributed by atoms with Gasteiger partial charge in [0.05, 0.1) is 31.3 Å². The molecule has 0 amide bonds. The molecule has 3 N–H and O–H groups in total. The molecule has 0 heterocycles. The van der Waals surface area contributed by atoms with E-state index in [9.17, 15) is 29.9 Å². The zero-order chi connectivity index (χ0) is 28.5. The lowest BCUT2D eigenvalue weighted by Gasteiger charge is -2.38. The molecule has 11 heteroatoms. The molecular weight excluding hydrogens is 498 g/mol. The van der Waals surface area contributed by atoms with Crippen molar-refractivity contribution in [1.29, 1.82) is 0 Å². The van der Waals surface area contributed by atoms with E-state index < -0.39 is 17.2 Å². The highest BCUT2D eigenvalue weighted by Gasteiger charge is 2.33. The highest BCUT2D eigenvalue weighted by molar-refractivity contribution is 5.69. The third-order valence-corrected chi connectivity index (χ3v) is 7.07. The second kappa shape index (κ2) is 18.7. The van der Waals surface area contributed by atoms with Crippen molar-refractivity contribution in [2.75, 3.05) is 26.4 Å². The van der Waals surface area contributed by atoms with Crippen LogP contribution in [0.4, 0.5) is 0 Å². The Labute approximate surface area is 224 Å². The fourth-order valence-electron chi connectivity index (χ4n) is 4.57. The monoisotopic (exact) mass is 543 g/mol. The van der Waals surface area contributed by atoms with E-state index in [0.29, 0.717) is 37.0 Å². The summed E-state index contributed by atoms with van der Waals surface area (Å²) in [5, 5.41) is 37.5. The molecule has 2 aliphatic rings. The SMILES string of the molecule is CC1C=CC2=CC(O)CCC2C1CCC(O)CCCC(=O)OCCOCCO[N+](=O)[O-].CCC(C)C(=O)O. The van der Waals surface area contributed by atoms with Crippen LogP contribution in [0.5, 0.6) is 0 Å². The third-order valence-electron chi connectivity index (χ3n) is 7.07. The van der Waals surface area contributed by atoms with Crippen LogP contribution in [-0.2, 0) is 23.9 Å². The number of aliphatic hydroxyl groups is 2. The molecule has 0 saturated carbocycles. The minimum absolute atomic E-state index is 0.0544. The van der Waals surface area contributed by atoms with Gasteiger partial charge in [0, 0.05) is 6.42 Å². The first-order chi connectivity index (χ1) is 18.0. The minimum atomic E-state index is -0.889. The number of aliphatic hydroxyl groups excluding tert-OH is 2. The zero-order valence-electron chi connectivity index (χ0n) is 22.8. The average molecular weight is 544 g/mol. The maximum atomic E-state index is 11.7. The Kier molecular flexibility index (Phi) is 16.5. The molecule has 0 aliphatic heterocycles. The standard InChI is InChI=1S/C22H35NO8.C5H10O2/c1-16-5-6-17-15-19(25)8-10-21(17)20(16)9-7-18(24)3-2-4-22(26)30-13-11-29-12-14-31-23(27)28;1-3-4(2)5(6)7/h5-6,15-16,18-21,24-25H,2-4,7-14H2,1H3;4H,3H2,1-2H3,(H,6,7). The number of rotatable bonds is 16. The van der Waals surface area contributed by atoms with Crippen molar-refractivity contribution in [2.24, 2.45) is 23.7 Å². The molecule has 11 nitrogen and oxygen atoms in total. The fourth-order valence-corrected chi connectivity index (χ4v) is 4.57. The van der Waals surface area contributed by atoms with Crippen LogP contribution in [0, 0.1) is 33.8 Å². The van der Waals surface area contributed by atoms with Gasteiger partial charge in [0.15, 0.2) is 0 Å². The number of nitrogens with zero attached hydrogens (tertiary/aromatic N) is 1. The summed E-state index contributed by atoms with van der Waals surface area (Å²) in [6.45, 7) is 5.90. The summed E-state index contributed by atoms with van der Waals surface area (Å²) in [6.07, 6.45) is 11.0. The molecule has 2 rings (SSSR count). The van der Waals surface area contributed by atoms with Crippen LogP contribution in [-0.4, -0.2) is 71.0 Å². The first kappa shape index (κ1) is 33.5. The van der Waals surface area contributed by atoms with Crippen LogP contribution >= 0.6 is 0 Å². The molecule has 0 aromatic heterocycles. The average Bonchev–Trinajstić information content (AvgIpc) is 2.87. The summed E-state index contributed by atoms with van der Waals surface area (Å²) in [7, 11) is 0. The van der Waals surface area contributed by atoms with Crippen LogP contribution in [0.1, 0.15) is 72.1 Å². The van der Waals surface area contributed by atoms with Gasteiger partial charge < -0.3 is 29.6 Å². The molecule has 0 aromatic carbocycles. The van der Waals surface area contributed by atoms with Gasteiger partial charge in [0.2, 0.25) is 0 Å². The second-order valence-electron chi connectivity index (χ2n) is 9.96. The normalized spacial score (nSPS) is 23.7. The van der Waals surface area contributed by atoms with E-state index in [2.05, 4.69) is 23.9 Å². The predicted molar refractivity (Wildman–Crippen MR) is 140 cm³/mol. The molecule has 0 aromatic rings. The highest BCUT2D eigenvalue weighted by Crippen LogP contribution is 2.42. The number of esters is 1. The first-order valence-corrected chi connectivity index (χ1v) is 13.5. The number of allylic oxidation sites excluding steroid dienone is 3. The number of carboxylic acid groups (broad SMARTS) is 1. The number of carbonyl (C=O) groups excluding carboxylic acids is 1. The van der Waals surface area contributed by atoms with Gasteiger partial charge >= 0.3 is 11.9 Å². The van der Waals surface area contributed by atoms with Crippen molar-refractivity contribution in [1.82, 2.24) is 0 Å². The summed E-state index contributed by atoms with van der Waals surface area (Å²) in [6, 6.07) is 0. The fraction of sp³-hybridized carbons (Fsp3) is 0.778. The third kappa shape index (κ3) is 13.9. The highest BCUT2D eigenvalue weighted by atomic mass is 17.0. The Morgan fingerprint density at radius 2 is 1.89 bits per heavy atom. The van der Waals surface area contributed by atoms with Crippen molar-refractivity contribution in [2.45, 2.75) is 84.3 Å². The Hall–Kier alpha value is -2.50. The number of fused-ring (bicyclic) bond motifs is 1. The number of ether oxygens (including phenoxy) is 2. The maximum absolute atomic E-state index is 11.7. The molecule has 0 bridgehead atoms. The quantitative estimate of drug-likeness (QED) is 0.113. The summed E-state index contributed by atoms with van der Waals surface area (Å²) in [5.41, 5.74) is 1.23. The van der Waals surface area contributed by atoms with Crippen molar-refractivity contribution in [3.63, 3.8) is 0 Å². The molecule has 2 aliphatic carbocycles.